The Morgan fingerprint density at radius 3 is 3.17 bits per heavy atom. The largest absolute Gasteiger partial charge is 0.405 e. The first-order chi connectivity index (χ1) is 5.86. The molecular weight excluding hydrogens is 148 g/mol. The molecule has 0 radical (unpaired) electrons. The molecule has 0 spiro atoms. The molecule has 68 valence electrons. The topological polar surface area (TPSA) is 38.4 Å². The third kappa shape index (κ3) is 2.68. The summed E-state index contributed by atoms with van der Waals surface area (Å²) in [5.41, 5.74) is 6.49. The molecule has 0 aliphatic carbocycles. The second kappa shape index (κ2) is 4.96. The molecule has 1 unspecified atom stereocenters. The van der Waals surface area contributed by atoms with E-state index < -0.39 is 0 Å². The first-order valence-corrected chi connectivity index (χ1v) is 4.78. The molecule has 1 aliphatic heterocycles. The molecule has 0 bridgehead atoms. The predicted molar refractivity (Wildman–Crippen MR) is 53.3 cm³/mol. The van der Waals surface area contributed by atoms with Gasteiger partial charge >= 0.3 is 0 Å². The van der Waals surface area contributed by atoms with Gasteiger partial charge in [0.2, 0.25) is 0 Å². The Morgan fingerprint density at radius 1 is 1.67 bits per heavy atom. The van der Waals surface area contributed by atoms with Gasteiger partial charge in [-0.2, -0.15) is 0 Å². The van der Waals surface area contributed by atoms with Crippen LogP contribution >= 0.6 is 0 Å². The zero-order chi connectivity index (χ0) is 8.81. The predicted octanol–water partition coefficient (Wildman–Crippen LogP) is 2.11. The number of hydrogen-bond donors (Lipinski definition) is 1. The van der Waals surface area contributed by atoms with E-state index in [0.717, 1.165) is 18.9 Å². The molecule has 0 saturated carbocycles. The minimum Gasteiger partial charge on any atom is -0.405 e. The average Bonchev–Trinajstić information content (AvgIpc) is 2.31. The van der Waals surface area contributed by atoms with E-state index in [4.69, 9.17) is 5.73 Å². The van der Waals surface area contributed by atoms with Crippen molar-refractivity contribution < 1.29 is 0 Å². The Morgan fingerprint density at radius 2 is 2.50 bits per heavy atom. The maximum Gasteiger partial charge on any atom is 0.0420 e. The first kappa shape index (κ1) is 9.30. The lowest BCUT2D eigenvalue weighted by atomic mass is 10.0. The van der Waals surface area contributed by atoms with Crippen LogP contribution in [0.15, 0.2) is 17.3 Å². The van der Waals surface area contributed by atoms with Crippen LogP contribution in [0, 0.1) is 5.92 Å². The SMILES string of the molecule is CCC1CCCC(C=CN)=NC1. The smallest absolute Gasteiger partial charge is 0.0420 e. The molecule has 0 saturated heterocycles. The average molecular weight is 166 g/mol. The summed E-state index contributed by atoms with van der Waals surface area (Å²) in [6, 6.07) is 0. The number of rotatable bonds is 2. The van der Waals surface area contributed by atoms with Crippen LogP contribution in [0.2, 0.25) is 0 Å². The van der Waals surface area contributed by atoms with Gasteiger partial charge in [-0.1, -0.05) is 13.3 Å². The van der Waals surface area contributed by atoms with Crippen molar-refractivity contribution in [2.24, 2.45) is 16.6 Å². The van der Waals surface area contributed by atoms with Crippen molar-refractivity contribution in [2.45, 2.75) is 32.6 Å². The number of nitrogens with two attached hydrogens (primary N) is 1. The summed E-state index contributed by atoms with van der Waals surface area (Å²) >= 11 is 0. The molecular formula is C10H18N2. The van der Waals surface area contributed by atoms with Crippen LogP contribution in [0.25, 0.3) is 0 Å². The number of allylic oxidation sites excluding steroid dienone is 1. The third-order valence-electron chi connectivity index (χ3n) is 2.46. The van der Waals surface area contributed by atoms with E-state index in [0.29, 0.717) is 0 Å². The van der Waals surface area contributed by atoms with Gasteiger partial charge in [0.05, 0.1) is 0 Å². The number of nitrogens with zero attached hydrogens (tertiary/aromatic N) is 1. The summed E-state index contributed by atoms with van der Waals surface area (Å²) in [6.45, 7) is 3.24. The number of hydrogen-bond acceptors (Lipinski definition) is 2. The Bertz CT molecular complexity index is 182. The van der Waals surface area contributed by atoms with E-state index >= 15 is 0 Å². The van der Waals surface area contributed by atoms with Crippen LogP contribution in [0.1, 0.15) is 32.6 Å². The number of aliphatic imine (C=N–C) groups is 1. The van der Waals surface area contributed by atoms with E-state index in [1.165, 1.54) is 25.0 Å². The molecule has 0 fully saturated rings. The second-order valence-electron chi connectivity index (χ2n) is 3.36. The fourth-order valence-corrected chi connectivity index (χ4v) is 1.57. The van der Waals surface area contributed by atoms with Gasteiger partial charge in [0.15, 0.2) is 0 Å². The van der Waals surface area contributed by atoms with Crippen molar-refractivity contribution in [1.29, 1.82) is 0 Å². The van der Waals surface area contributed by atoms with Gasteiger partial charge in [-0.15, -0.1) is 0 Å². The van der Waals surface area contributed by atoms with Crippen molar-refractivity contribution in [3.63, 3.8) is 0 Å². The summed E-state index contributed by atoms with van der Waals surface area (Å²) in [5.74, 6) is 0.800. The molecule has 2 heteroatoms. The second-order valence-corrected chi connectivity index (χ2v) is 3.36. The van der Waals surface area contributed by atoms with Gasteiger partial charge in [0.1, 0.15) is 0 Å². The fourth-order valence-electron chi connectivity index (χ4n) is 1.57. The van der Waals surface area contributed by atoms with Crippen molar-refractivity contribution in [2.75, 3.05) is 6.54 Å². The van der Waals surface area contributed by atoms with Crippen molar-refractivity contribution >= 4 is 5.71 Å². The van der Waals surface area contributed by atoms with E-state index in [2.05, 4.69) is 11.9 Å². The van der Waals surface area contributed by atoms with Gasteiger partial charge in [0.25, 0.3) is 0 Å². The molecule has 0 aromatic rings. The maximum atomic E-state index is 5.32. The molecule has 2 N–H and O–H groups in total. The minimum absolute atomic E-state index is 0.800. The van der Waals surface area contributed by atoms with Gasteiger partial charge in [-0.3, -0.25) is 4.99 Å². The molecule has 1 aliphatic rings. The Kier molecular flexibility index (Phi) is 3.85. The lowest BCUT2D eigenvalue weighted by Gasteiger charge is -2.06. The maximum absolute atomic E-state index is 5.32. The quantitative estimate of drug-likeness (QED) is 0.670. The van der Waals surface area contributed by atoms with Crippen LogP contribution in [0.4, 0.5) is 0 Å². The van der Waals surface area contributed by atoms with Crippen molar-refractivity contribution in [1.82, 2.24) is 0 Å². The van der Waals surface area contributed by atoms with Crippen LogP contribution in [0.5, 0.6) is 0 Å². The fraction of sp³-hybridized carbons (Fsp3) is 0.700. The standard InChI is InChI=1S/C10H18N2/c1-2-9-4-3-5-10(6-7-11)12-8-9/h6-7,9H,2-5,8,11H2,1H3. The Hall–Kier alpha value is -0.790. The third-order valence-corrected chi connectivity index (χ3v) is 2.46. The highest BCUT2D eigenvalue weighted by Crippen LogP contribution is 2.17. The van der Waals surface area contributed by atoms with Gasteiger partial charge in [-0.25, -0.2) is 0 Å². The van der Waals surface area contributed by atoms with E-state index in [1.54, 1.807) is 6.20 Å². The molecule has 0 amide bonds. The molecule has 1 atom stereocenters. The molecule has 1 rings (SSSR count). The normalized spacial score (nSPS) is 25.4. The summed E-state index contributed by atoms with van der Waals surface area (Å²) < 4.78 is 0. The van der Waals surface area contributed by atoms with E-state index in [-0.39, 0.29) is 0 Å². The van der Waals surface area contributed by atoms with Crippen molar-refractivity contribution in [3.8, 4) is 0 Å². The monoisotopic (exact) mass is 166 g/mol. The summed E-state index contributed by atoms with van der Waals surface area (Å²) in [6.07, 6.45) is 8.46. The lowest BCUT2D eigenvalue weighted by Crippen LogP contribution is -2.00. The summed E-state index contributed by atoms with van der Waals surface area (Å²) in [5, 5.41) is 0. The van der Waals surface area contributed by atoms with Crippen molar-refractivity contribution in [3.05, 3.63) is 12.3 Å². The first-order valence-electron chi connectivity index (χ1n) is 4.78. The van der Waals surface area contributed by atoms with E-state index in [1.807, 2.05) is 6.08 Å². The summed E-state index contributed by atoms with van der Waals surface area (Å²) in [4.78, 5) is 4.52. The summed E-state index contributed by atoms with van der Waals surface area (Å²) in [7, 11) is 0. The highest BCUT2D eigenvalue weighted by molar-refractivity contribution is 5.94. The highest BCUT2D eigenvalue weighted by atomic mass is 14.7. The zero-order valence-corrected chi connectivity index (χ0v) is 7.79. The van der Waals surface area contributed by atoms with Gasteiger partial charge < -0.3 is 5.73 Å². The van der Waals surface area contributed by atoms with Gasteiger partial charge in [0, 0.05) is 12.3 Å². The van der Waals surface area contributed by atoms with Crippen LogP contribution < -0.4 is 5.73 Å². The minimum atomic E-state index is 0.800. The van der Waals surface area contributed by atoms with Crippen LogP contribution in [-0.4, -0.2) is 12.3 Å². The van der Waals surface area contributed by atoms with E-state index in [9.17, 15) is 0 Å². The molecule has 1 heterocycles. The Labute approximate surface area is 74.6 Å². The van der Waals surface area contributed by atoms with Gasteiger partial charge in [-0.05, 0) is 37.5 Å². The highest BCUT2D eigenvalue weighted by Gasteiger charge is 2.09. The molecule has 0 aromatic heterocycles. The molecule has 2 nitrogen and oxygen atoms in total. The molecule has 0 aromatic carbocycles. The van der Waals surface area contributed by atoms with Crippen LogP contribution in [0.3, 0.4) is 0 Å². The lowest BCUT2D eigenvalue weighted by molar-refractivity contribution is 0.481. The zero-order valence-electron chi connectivity index (χ0n) is 7.79. The van der Waals surface area contributed by atoms with Crippen LogP contribution in [-0.2, 0) is 0 Å². The molecule has 12 heavy (non-hydrogen) atoms. The Balaban J connectivity index is 2.49.